The Balaban J connectivity index is 1.72. The van der Waals surface area contributed by atoms with Crippen LogP contribution >= 0.6 is 0 Å². The summed E-state index contributed by atoms with van der Waals surface area (Å²) in [5.74, 6) is 0.741. The number of pyridine rings is 1. The lowest BCUT2D eigenvalue weighted by molar-refractivity contribution is 0.263. The van der Waals surface area contributed by atoms with E-state index < -0.39 is 0 Å². The van der Waals surface area contributed by atoms with Gasteiger partial charge in [-0.3, -0.25) is 0 Å². The summed E-state index contributed by atoms with van der Waals surface area (Å²) in [6.07, 6.45) is 4.24. The van der Waals surface area contributed by atoms with Crippen molar-refractivity contribution >= 4 is 11.6 Å². The number of aromatic nitrogens is 3. The lowest BCUT2D eigenvalue weighted by Crippen LogP contribution is -2.36. The molecular formula is C12H17N5. The van der Waals surface area contributed by atoms with Crippen LogP contribution < -0.4 is 5.32 Å². The van der Waals surface area contributed by atoms with Gasteiger partial charge in [0.05, 0.1) is 0 Å². The summed E-state index contributed by atoms with van der Waals surface area (Å²) in [4.78, 5) is 6.81. The second-order valence-electron chi connectivity index (χ2n) is 4.66. The highest BCUT2D eigenvalue weighted by Gasteiger charge is 2.17. The van der Waals surface area contributed by atoms with Gasteiger partial charge in [0, 0.05) is 12.2 Å². The first-order valence-corrected chi connectivity index (χ1v) is 6.08. The fraction of sp³-hybridized carbons (Fsp3) is 0.500. The standard InChI is InChI=1S/C12H17N5/c1-16-8-5-10(6-9-16)13-12-14-11-4-2-3-7-17(11)15-12/h2-4,7,10H,5-6,8-9H2,1H3,(H,13,15). The summed E-state index contributed by atoms with van der Waals surface area (Å²) in [7, 11) is 2.17. The van der Waals surface area contributed by atoms with E-state index in [0.717, 1.165) is 37.5 Å². The van der Waals surface area contributed by atoms with Gasteiger partial charge in [0.2, 0.25) is 5.95 Å². The predicted octanol–water partition coefficient (Wildman–Crippen LogP) is 1.24. The van der Waals surface area contributed by atoms with Crippen LogP contribution in [0.5, 0.6) is 0 Å². The summed E-state index contributed by atoms with van der Waals surface area (Å²) >= 11 is 0. The Bertz CT molecular complexity index is 465. The maximum Gasteiger partial charge on any atom is 0.243 e. The SMILES string of the molecule is CN1CCC(Nc2nc3ccccn3n2)CC1. The molecule has 5 heteroatoms. The first-order valence-electron chi connectivity index (χ1n) is 6.08. The second-order valence-corrected chi connectivity index (χ2v) is 4.66. The van der Waals surface area contributed by atoms with Crippen molar-refractivity contribution in [2.24, 2.45) is 0 Å². The molecule has 0 saturated carbocycles. The van der Waals surface area contributed by atoms with Crippen molar-refractivity contribution in [2.75, 3.05) is 25.5 Å². The van der Waals surface area contributed by atoms with Crippen molar-refractivity contribution in [3.05, 3.63) is 24.4 Å². The molecule has 0 atom stereocenters. The molecule has 3 heterocycles. The van der Waals surface area contributed by atoms with E-state index in [1.54, 1.807) is 4.52 Å². The zero-order valence-corrected chi connectivity index (χ0v) is 10.0. The molecule has 0 unspecified atom stereocenters. The molecule has 1 aliphatic rings. The number of hydrogen-bond acceptors (Lipinski definition) is 4. The Morgan fingerprint density at radius 1 is 1.29 bits per heavy atom. The van der Waals surface area contributed by atoms with Crippen molar-refractivity contribution < 1.29 is 0 Å². The van der Waals surface area contributed by atoms with Crippen LogP contribution in [0.4, 0.5) is 5.95 Å². The molecule has 0 spiro atoms. The Hall–Kier alpha value is -1.62. The lowest BCUT2D eigenvalue weighted by atomic mass is 10.1. The number of nitrogens with zero attached hydrogens (tertiary/aromatic N) is 4. The largest absolute Gasteiger partial charge is 0.350 e. The van der Waals surface area contributed by atoms with Gasteiger partial charge in [-0.15, -0.1) is 5.10 Å². The summed E-state index contributed by atoms with van der Waals surface area (Å²) in [5, 5.41) is 7.83. The van der Waals surface area contributed by atoms with E-state index in [2.05, 4.69) is 27.3 Å². The number of hydrogen-bond donors (Lipinski definition) is 1. The molecule has 0 aliphatic carbocycles. The quantitative estimate of drug-likeness (QED) is 0.844. The number of piperidine rings is 1. The maximum absolute atomic E-state index is 4.45. The summed E-state index contributed by atoms with van der Waals surface area (Å²) in [6, 6.07) is 6.40. The van der Waals surface area contributed by atoms with Crippen LogP contribution in [-0.2, 0) is 0 Å². The molecule has 1 aliphatic heterocycles. The molecule has 0 bridgehead atoms. The van der Waals surface area contributed by atoms with Gasteiger partial charge < -0.3 is 10.2 Å². The van der Waals surface area contributed by atoms with Crippen molar-refractivity contribution in [3.63, 3.8) is 0 Å². The first kappa shape index (κ1) is 10.5. The van der Waals surface area contributed by atoms with E-state index in [1.807, 2.05) is 24.4 Å². The minimum atomic E-state index is 0.503. The van der Waals surface area contributed by atoms with Crippen LogP contribution in [0, 0.1) is 0 Å². The third kappa shape index (κ3) is 2.24. The molecule has 2 aromatic rings. The molecule has 0 aromatic carbocycles. The maximum atomic E-state index is 4.45. The number of fused-ring (bicyclic) bond motifs is 1. The first-order chi connectivity index (χ1) is 8.31. The van der Waals surface area contributed by atoms with Crippen molar-refractivity contribution in [3.8, 4) is 0 Å². The number of nitrogens with one attached hydrogen (secondary N) is 1. The Kier molecular flexibility index (Phi) is 2.68. The molecule has 1 fully saturated rings. The number of likely N-dealkylation sites (tertiary alicyclic amines) is 1. The number of anilines is 1. The number of rotatable bonds is 2. The van der Waals surface area contributed by atoms with Gasteiger partial charge in [0.15, 0.2) is 5.65 Å². The van der Waals surface area contributed by atoms with Gasteiger partial charge in [-0.2, -0.15) is 4.98 Å². The van der Waals surface area contributed by atoms with E-state index >= 15 is 0 Å². The summed E-state index contributed by atoms with van der Waals surface area (Å²) in [6.45, 7) is 2.29. The van der Waals surface area contributed by atoms with E-state index in [-0.39, 0.29) is 0 Å². The van der Waals surface area contributed by atoms with Crippen LogP contribution in [0.1, 0.15) is 12.8 Å². The van der Waals surface area contributed by atoms with E-state index in [9.17, 15) is 0 Å². The smallest absolute Gasteiger partial charge is 0.243 e. The van der Waals surface area contributed by atoms with Crippen LogP contribution in [0.2, 0.25) is 0 Å². The third-order valence-electron chi connectivity index (χ3n) is 3.29. The molecule has 3 rings (SSSR count). The Morgan fingerprint density at radius 3 is 2.88 bits per heavy atom. The van der Waals surface area contributed by atoms with Crippen LogP contribution in [0.3, 0.4) is 0 Å². The van der Waals surface area contributed by atoms with Crippen molar-refractivity contribution in [1.29, 1.82) is 0 Å². The van der Waals surface area contributed by atoms with Gasteiger partial charge in [-0.1, -0.05) is 6.07 Å². The van der Waals surface area contributed by atoms with Gasteiger partial charge in [-0.05, 0) is 45.1 Å². The predicted molar refractivity (Wildman–Crippen MR) is 67.1 cm³/mol. The van der Waals surface area contributed by atoms with E-state index in [4.69, 9.17) is 0 Å². The molecule has 17 heavy (non-hydrogen) atoms. The van der Waals surface area contributed by atoms with E-state index in [1.165, 1.54) is 0 Å². The molecule has 1 saturated heterocycles. The highest BCUT2D eigenvalue weighted by Crippen LogP contribution is 2.13. The van der Waals surface area contributed by atoms with Gasteiger partial charge in [0.1, 0.15) is 0 Å². The third-order valence-corrected chi connectivity index (χ3v) is 3.29. The molecule has 0 radical (unpaired) electrons. The van der Waals surface area contributed by atoms with Crippen molar-refractivity contribution in [1.82, 2.24) is 19.5 Å². The minimum absolute atomic E-state index is 0.503. The van der Waals surface area contributed by atoms with E-state index in [0.29, 0.717) is 6.04 Å². The van der Waals surface area contributed by atoms with Gasteiger partial charge in [0.25, 0.3) is 0 Å². The Morgan fingerprint density at radius 2 is 2.12 bits per heavy atom. The average molecular weight is 231 g/mol. The normalized spacial score (nSPS) is 18.6. The fourth-order valence-electron chi connectivity index (χ4n) is 2.23. The zero-order chi connectivity index (χ0) is 11.7. The highest BCUT2D eigenvalue weighted by atomic mass is 15.3. The van der Waals surface area contributed by atoms with Gasteiger partial charge >= 0.3 is 0 Å². The topological polar surface area (TPSA) is 45.5 Å². The molecule has 5 nitrogen and oxygen atoms in total. The molecule has 0 amide bonds. The average Bonchev–Trinajstić information content (AvgIpc) is 2.74. The fourth-order valence-corrected chi connectivity index (χ4v) is 2.23. The van der Waals surface area contributed by atoms with Crippen molar-refractivity contribution in [2.45, 2.75) is 18.9 Å². The molecule has 90 valence electrons. The summed E-state index contributed by atoms with van der Waals surface area (Å²) in [5.41, 5.74) is 0.892. The summed E-state index contributed by atoms with van der Waals surface area (Å²) < 4.78 is 1.80. The van der Waals surface area contributed by atoms with Gasteiger partial charge in [-0.25, -0.2) is 4.52 Å². The van der Waals surface area contributed by atoms with Crippen LogP contribution in [0.15, 0.2) is 24.4 Å². The molecular weight excluding hydrogens is 214 g/mol. The lowest BCUT2D eigenvalue weighted by Gasteiger charge is -2.28. The van der Waals surface area contributed by atoms with Crippen LogP contribution in [0.25, 0.3) is 5.65 Å². The molecule has 2 aromatic heterocycles. The highest BCUT2D eigenvalue weighted by molar-refractivity contribution is 5.43. The van der Waals surface area contributed by atoms with Crippen LogP contribution in [-0.4, -0.2) is 45.7 Å². The monoisotopic (exact) mass is 231 g/mol. The Labute approximate surface area is 100 Å². The second kappa shape index (κ2) is 4.33. The zero-order valence-electron chi connectivity index (χ0n) is 10.0. The minimum Gasteiger partial charge on any atom is -0.350 e. The molecule has 1 N–H and O–H groups in total.